The number of carbonyl (C=O) groups is 2. The summed E-state index contributed by atoms with van der Waals surface area (Å²) in [5, 5.41) is 18.5. The Morgan fingerprint density at radius 1 is 0.630 bits per heavy atom. The van der Waals surface area contributed by atoms with Crippen LogP contribution in [0.4, 0.5) is 27.2 Å². The highest BCUT2D eigenvalue weighted by Gasteiger charge is 2.44. The normalized spacial score (nSPS) is 21.0. The smallest absolute Gasteiger partial charge is 0.411 e. The molecule has 0 radical (unpaired) electrons. The van der Waals surface area contributed by atoms with Gasteiger partial charge in [0.25, 0.3) is 0 Å². The van der Waals surface area contributed by atoms with Crippen molar-refractivity contribution in [3.05, 3.63) is 143 Å². The zero-order valence-electron chi connectivity index (χ0n) is 30.4. The minimum atomic E-state index is -0.918. The Labute approximate surface area is 312 Å². The number of aliphatic hydroxyl groups excluding tert-OH is 2. The lowest BCUT2D eigenvalue weighted by molar-refractivity contribution is -0.0686. The fourth-order valence-electron chi connectivity index (χ4n) is 7.25. The average Bonchev–Trinajstić information content (AvgIpc) is 3.17. The zero-order chi connectivity index (χ0) is 38.9. The van der Waals surface area contributed by atoms with Crippen molar-refractivity contribution >= 4 is 12.2 Å². The quantitative estimate of drug-likeness (QED) is 0.140. The second-order valence-electron chi connectivity index (χ2n) is 13.7. The Hall–Kier alpha value is -4.94. The van der Waals surface area contributed by atoms with Crippen molar-refractivity contribution in [2.45, 2.75) is 75.7 Å². The zero-order valence-corrected chi connectivity index (χ0v) is 30.4. The van der Waals surface area contributed by atoms with Crippen LogP contribution in [0.5, 0.6) is 0 Å². The maximum Gasteiger partial charge on any atom is 0.411 e. The standard InChI is InChI=1S/2C21H23F2NO3/c1-15(16-4-2-5-19(23)14-16)24-12-11-21(10-3-13-25,27-20(24)26)17-6-8-18(22)9-7-17;1-15(18-5-2-3-6-19(18)23)24-13-12-21(11-4-14-25,27-20(24)26)16-7-9-17(22)10-8-16/h2,4-9,14-15,25H,3,10-13H2,1H3;2-3,5-10,15,25H,4,11-14H2,1H3. The summed E-state index contributed by atoms with van der Waals surface area (Å²) in [6.45, 7) is 4.32. The van der Waals surface area contributed by atoms with Crippen LogP contribution in [0.15, 0.2) is 97.1 Å². The molecule has 0 bridgehead atoms. The molecule has 2 amide bonds. The summed E-state index contributed by atoms with van der Waals surface area (Å²) in [5.74, 6) is -1.45. The third kappa shape index (κ3) is 9.22. The molecular weight excluding hydrogens is 704 g/mol. The van der Waals surface area contributed by atoms with Crippen molar-refractivity contribution in [2.24, 2.45) is 0 Å². The summed E-state index contributed by atoms with van der Waals surface area (Å²) in [4.78, 5) is 28.6. The van der Waals surface area contributed by atoms with Crippen LogP contribution in [-0.4, -0.2) is 58.5 Å². The maximum absolute atomic E-state index is 14.1. The number of ether oxygens (including phenoxy) is 2. The number of hydrogen-bond donors (Lipinski definition) is 2. The van der Waals surface area contributed by atoms with Crippen molar-refractivity contribution in [1.29, 1.82) is 0 Å². The number of carbonyl (C=O) groups excluding carboxylic acids is 2. The molecule has 54 heavy (non-hydrogen) atoms. The van der Waals surface area contributed by atoms with E-state index in [0.717, 1.165) is 0 Å². The number of amides is 2. The van der Waals surface area contributed by atoms with E-state index in [2.05, 4.69) is 0 Å². The minimum Gasteiger partial charge on any atom is -0.438 e. The number of nitrogens with zero attached hydrogens (tertiary/aromatic N) is 2. The fourth-order valence-corrected chi connectivity index (χ4v) is 7.25. The molecule has 12 heteroatoms. The van der Waals surface area contributed by atoms with Crippen LogP contribution in [0, 0.1) is 23.3 Å². The second-order valence-corrected chi connectivity index (χ2v) is 13.7. The highest BCUT2D eigenvalue weighted by molar-refractivity contribution is 5.71. The third-order valence-corrected chi connectivity index (χ3v) is 10.4. The molecule has 2 fully saturated rings. The Kier molecular flexibility index (Phi) is 13.4. The van der Waals surface area contributed by atoms with E-state index in [1.807, 2.05) is 6.92 Å². The lowest BCUT2D eigenvalue weighted by Gasteiger charge is -2.43. The number of rotatable bonds is 12. The Balaban J connectivity index is 0.000000208. The van der Waals surface area contributed by atoms with Gasteiger partial charge in [0.2, 0.25) is 0 Å². The topological polar surface area (TPSA) is 99.5 Å². The van der Waals surface area contributed by atoms with Gasteiger partial charge in [-0.25, -0.2) is 27.2 Å². The van der Waals surface area contributed by atoms with Gasteiger partial charge in [-0.15, -0.1) is 0 Å². The van der Waals surface area contributed by atoms with Crippen molar-refractivity contribution in [2.75, 3.05) is 26.3 Å². The van der Waals surface area contributed by atoms with Crippen LogP contribution in [0.1, 0.15) is 86.7 Å². The number of aliphatic hydroxyl groups is 2. The lowest BCUT2D eigenvalue weighted by Crippen LogP contribution is -2.49. The second kappa shape index (κ2) is 17.9. The summed E-state index contributed by atoms with van der Waals surface area (Å²) < 4.78 is 65.9. The molecule has 0 saturated carbocycles. The van der Waals surface area contributed by atoms with E-state index in [-0.39, 0.29) is 42.5 Å². The van der Waals surface area contributed by atoms with Crippen LogP contribution in [0.25, 0.3) is 0 Å². The first kappa shape index (κ1) is 40.2. The first-order valence-corrected chi connectivity index (χ1v) is 18.1. The predicted molar refractivity (Wildman–Crippen MR) is 194 cm³/mol. The van der Waals surface area contributed by atoms with E-state index < -0.39 is 29.4 Å². The van der Waals surface area contributed by atoms with E-state index in [9.17, 15) is 37.4 Å². The lowest BCUT2D eigenvalue weighted by atomic mass is 9.84. The van der Waals surface area contributed by atoms with E-state index in [4.69, 9.17) is 9.47 Å². The van der Waals surface area contributed by atoms with Gasteiger partial charge in [-0.3, -0.25) is 0 Å². The molecule has 2 aliphatic rings. The van der Waals surface area contributed by atoms with Crippen LogP contribution < -0.4 is 0 Å². The summed E-state index contributed by atoms with van der Waals surface area (Å²) in [7, 11) is 0. The van der Waals surface area contributed by atoms with Gasteiger partial charge in [0.05, 0.1) is 12.1 Å². The van der Waals surface area contributed by atoms with Gasteiger partial charge in [0.1, 0.15) is 34.5 Å². The number of hydrogen-bond acceptors (Lipinski definition) is 6. The third-order valence-electron chi connectivity index (χ3n) is 10.4. The monoisotopic (exact) mass is 750 g/mol. The van der Waals surface area contributed by atoms with Gasteiger partial charge < -0.3 is 29.5 Å². The molecule has 6 rings (SSSR count). The van der Waals surface area contributed by atoms with Crippen LogP contribution in [-0.2, 0) is 20.7 Å². The van der Waals surface area contributed by atoms with Crippen molar-refractivity contribution in [3.63, 3.8) is 0 Å². The van der Waals surface area contributed by atoms with E-state index in [0.29, 0.717) is 73.9 Å². The van der Waals surface area contributed by atoms with Gasteiger partial charge in [0.15, 0.2) is 0 Å². The van der Waals surface area contributed by atoms with Crippen molar-refractivity contribution in [1.82, 2.24) is 9.80 Å². The largest absolute Gasteiger partial charge is 0.438 e. The number of halogens is 4. The van der Waals surface area contributed by atoms with Gasteiger partial charge in [0, 0.05) is 44.7 Å². The van der Waals surface area contributed by atoms with E-state index in [1.54, 1.807) is 66.4 Å². The first-order chi connectivity index (χ1) is 25.9. The molecule has 0 spiro atoms. The molecule has 2 N–H and O–H groups in total. The average molecular weight is 751 g/mol. The molecule has 0 aromatic heterocycles. The van der Waals surface area contributed by atoms with E-state index >= 15 is 0 Å². The van der Waals surface area contributed by atoms with Crippen LogP contribution in [0.2, 0.25) is 0 Å². The van der Waals surface area contributed by atoms with E-state index in [1.165, 1.54) is 47.4 Å². The molecular formula is C42H46F4N2O6. The van der Waals surface area contributed by atoms with Crippen molar-refractivity contribution in [3.8, 4) is 0 Å². The SMILES string of the molecule is CC(c1cccc(F)c1)N1CCC(CCCO)(c2ccc(F)cc2)OC1=O.CC(c1ccccc1F)N1CCC(CCCO)(c2ccc(F)cc2)OC1=O. The molecule has 4 unspecified atom stereocenters. The Morgan fingerprint density at radius 3 is 1.56 bits per heavy atom. The predicted octanol–water partition coefficient (Wildman–Crippen LogP) is 9.07. The molecule has 4 aromatic rings. The minimum absolute atomic E-state index is 0.0239. The maximum atomic E-state index is 14.1. The van der Waals surface area contributed by atoms with Gasteiger partial charge in [-0.05, 0) is 98.7 Å². The first-order valence-electron chi connectivity index (χ1n) is 18.1. The van der Waals surface area contributed by atoms with Gasteiger partial charge in [-0.2, -0.15) is 0 Å². The molecule has 0 aliphatic carbocycles. The van der Waals surface area contributed by atoms with Gasteiger partial charge >= 0.3 is 12.2 Å². The summed E-state index contributed by atoms with van der Waals surface area (Å²) in [6, 6.07) is 23.5. The molecule has 8 nitrogen and oxygen atoms in total. The number of benzene rings is 4. The summed E-state index contributed by atoms with van der Waals surface area (Å²) >= 11 is 0. The molecule has 2 saturated heterocycles. The fraction of sp³-hybridized carbons (Fsp3) is 0.381. The molecule has 2 aliphatic heterocycles. The van der Waals surface area contributed by atoms with Crippen molar-refractivity contribution < 1.29 is 46.8 Å². The highest BCUT2D eigenvalue weighted by Crippen LogP contribution is 2.42. The van der Waals surface area contributed by atoms with Crippen LogP contribution in [0.3, 0.4) is 0 Å². The Morgan fingerprint density at radius 2 is 1.11 bits per heavy atom. The Bertz CT molecular complexity index is 1860. The molecule has 4 aromatic carbocycles. The summed E-state index contributed by atoms with van der Waals surface area (Å²) in [5.41, 5.74) is 0.716. The highest BCUT2D eigenvalue weighted by atomic mass is 19.1. The van der Waals surface area contributed by atoms with Gasteiger partial charge in [-0.1, -0.05) is 54.6 Å². The molecule has 288 valence electrons. The molecule has 4 atom stereocenters. The molecule has 2 heterocycles. The number of cyclic esters (lactones) is 2. The van der Waals surface area contributed by atoms with Crippen LogP contribution >= 0.6 is 0 Å². The summed E-state index contributed by atoms with van der Waals surface area (Å²) in [6.07, 6.45) is 1.73.